The first kappa shape index (κ1) is 29.1. The number of H-pyrrole nitrogens is 1. The molecule has 0 fully saturated rings. The molecule has 1 aliphatic rings. The number of Topliss-reactive ketones (excluding diaryl/α,β-unsaturated/α-hetero) is 1. The maximum Gasteiger partial charge on any atom is 0.319 e. The number of hydrogen-bond acceptors (Lipinski definition) is 5. The molecule has 2 aromatic carbocycles. The van der Waals surface area contributed by atoms with Crippen molar-refractivity contribution in [3.05, 3.63) is 88.6 Å². The van der Waals surface area contributed by atoms with Gasteiger partial charge in [0.1, 0.15) is 17.8 Å². The van der Waals surface area contributed by atoms with E-state index in [4.69, 9.17) is 0 Å². The van der Waals surface area contributed by atoms with E-state index in [1.807, 2.05) is 45.0 Å². The van der Waals surface area contributed by atoms with E-state index in [2.05, 4.69) is 15.0 Å². The summed E-state index contributed by atoms with van der Waals surface area (Å²) in [5.41, 5.74) is 6.24. The van der Waals surface area contributed by atoms with Gasteiger partial charge in [-0.05, 0) is 53.8 Å². The fourth-order valence-corrected chi connectivity index (χ4v) is 5.34. The van der Waals surface area contributed by atoms with Gasteiger partial charge in [0.05, 0.1) is 12.3 Å². The van der Waals surface area contributed by atoms with Crippen LogP contribution in [0.5, 0.6) is 0 Å². The summed E-state index contributed by atoms with van der Waals surface area (Å²) < 4.78 is 15.0. The van der Waals surface area contributed by atoms with Crippen molar-refractivity contribution in [3.63, 3.8) is 0 Å². The minimum atomic E-state index is -0.443. The number of ketones is 1. The molecule has 0 atom stereocenters. The van der Waals surface area contributed by atoms with Crippen molar-refractivity contribution in [3.8, 4) is 11.3 Å². The summed E-state index contributed by atoms with van der Waals surface area (Å²) in [7, 11) is 3.49. The van der Waals surface area contributed by atoms with Crippen LogP contribution in [0.3, 0.4) is 0 Å². The average molecular weight is 570 g/mol. The summed E-state index contributed by atoms with van der Waals surface area (Å²) in [6, 6.07) is 12.0. The maximum absolute atomic E-state index is 15.0. The number of rotatable bonds is 7. The van der Waals surface area contributed by atoms with E-state index in [-0.39, 0.29) is 24.8 Å². The zero-order valence-electron chi connectivity index (χ0n) is 24.7. The number of fused-ring (bicyclic) bond motifs is 1. The van der Waals surface area contributed by atoms with Gasteiger partial charge < -0.3 is 19.9 Å². The van der Waals surface area contributed by atoms with Crippen molar-refractivity contribution >= 4 is 28.4 Å². The Morgan fingerprint density at radius 3 is 2.50 bits per heavy atom. The molecule has 0 radical (unpaired) electrons. The van der Waals surface area contributed by atoms with Gasteiger partial charge in [0.25, 0.3) is 0 Å². The monoisotopic (exact) mass is 569 g/mol. The van der Waals surface area contributed by atoms with Crippen LogP contribution in [-0.4, -0.2) is 75.5 Å². The molecule has 218 valence electrons. The first-order chi connectivity index (χ1) is 20.0. The van der Waals surface area contributed by atoms with Crippen LogP contribution in [0.4, 0.5) is 9.18 Å². The standard InChI is InChI=1S/C33H36FN5O3/c1-20-23(15-29(41)22-6-8-24(9-7-22)33(2,3)18-40)14-25(34)16-26(20)30-27-17-28(37-31(27)36-19-35-30)21-10-12-39(13-11-21)32(42)38(4)5/h6-10,14,16-17,19,40H,11-13,15,18H2,1-5H3,(H,35,36,37). The molecule has 0 unspecified atom stereocenters. The Labute approximate surface area is 244 Å². The number of aliphatic hydroxyl groups is 1. The van der Waals surface area contributed by atoms with Crippen molar-refractivity contribution in [1.82, 2.24) is 24.8 Å². The quantitative estimate of drug-likeness (QED) is 0.285. The molecule has 0 bridgehead atoms. The number of carbonyl (C=O) groups excluding carboxylic acids is 2. The molecular formula is C33H36FN5O3. The van der Waals surface area contributed by atoms with Gasteiger partial charge in [-0.25, -0.2) is 19.2 Å². The number of aliphatic hydroxyl groups excluding tert-OH is 1. The zero-order chi connectivity index (χ0) is 30.2. The number of nitrogens with one attached hydrogen (secondary N) is 1. The normalized spacial score (nSPS) is 13.8. The van der Waals surface area contributed by atoms with Gasteiger partial charge in [0.2, 0.25) is 0 Å². The smallest absolute Gasteiger partial charge is 0.319 e. The number of benzene rings is 2. The van der Waals surface area contributed by atoms with Gasteiger partial charge in [0.15, 0.2) is 5.78 Å². The van der Waals surface area contributed by atoms with E-state index < -0.39 is 11.2 Å². The molecular weight excluding hydrogens is 533 g/mol. The summed E-state index contributed by atoms with van der Waals surface area (Å²) in [6.45, 7) is 6.88. The third-order valence-corrected chi connectivity index (χ3v) is 8.10. The molecule has 8 nitrogen and oxygen atoms in total. The largest absolute Gasteiger partial charge is 0.395 e. The highest BCUT2D eigenvalue weighted by atomic mass is 19.1. The van der Waals surface area contributed by atoms with E-state index in [9.17, 15) is 19.1 Å². The second-order valence-corrected chi connectivity index (χ2v) is 11.7. The Bertz CT molecular complexity index is 1690. The molecule has 2 amide bonds. The number of aromatic nitrogens is 3. The lowest BCUT2D eigenvalue weighted by Crippen LogP contribution is -2.41. The van der Waals surface area contributed by atoms with E-state index in [0.29, 0.717) is 47.5 Å². The van der Waals surface area contributed by atoms with E-state index in [1.165, 1.54) is 18.5 Å². The number of nitrogens with zero attached hydrogens (tertiary/aromatic N) is 4. The predicted octanol–water partition coefficient (Wildman–Crippen LogP) is 5.54. The van der Waals surface area contributed by atoms with Crippen molar-refractivity contribution in [2.45, 2.75) is 39.0 Å². The van der Waals surface area contributed by atoms with E-state index in [0.717, 1.165) is 27.8 Å². The molecule has 0 spiro atoms. The van der Waals surface area contributed by atoms with Crippen LogP contribution in [0.25, 0.3) is 27.9 Å². The highest BCUT2D eigenvalue weighted by Crippen LogP contribution is 2.34. The predicted molar refractivity (Wildman–Crippen MR) is 162 cm³/mol. The van der Waals surface area contributed by atoms with Gasteiger partial charge in [-0.3, -0.25) is 4.79 Å². The molecule has 9 heteroatoms. The average Bonchev–Trinajstić information content (AvgIpc) is 3.43. The molecule has 5 rings (SSSR count). The highest BCUT2D eigenvalue weighted by Gasteiger charge is 2.23. The number of aromatic amines is 1. The van der Waals surface area contributed by atoms with Crippen molar-refractivity contribution in [2.24, 2.45) is 0 Å². The number of urea groups is 1. The molecule has 2 aromatic heterocycles. The zero-order valence-corrected chi connectivity index (χ0v) is 24.7. The second kappa shape index (κ2) is 11.5. The summed E-state index contributed by atoms with van der Waals surface area (Å²) in [6.07, 6.45) is 4.23. The molecule has 0 aliphatic carbocycles. The van der Waals surface area contributed by atoms with Crippen LogP contribution < -0.4 is 0 Å². The lowest BCUT2D eigenvalue weighted by molar-refractivity contribution is 0.0992. The van der Waals surface area contributed by atoms with Gasteiger partial charge in [-0.2, -0.15) is 0 Å². The van der Waals surface area contributed by atoms with Gasteiger partial charge in [0, 0.05) is 61.2 Å². The molecule has 0 saturated heterocycles. The Balaban J connectivity index is 1.43. The Kier molecular flexibility index (Phi) is 7.97. The fraction of sp³-hybridized carbons (Fsp3) is 0.333. The van der Waals surface area contributed by atoms with Crippen LogP contribution in [0.1, 0.15) is 53.0 Å². The summed E-state index contributed by atoms with van der Waals surface area (Å²) in [4.78, 5) is 41.2. The lowest BCUT2D eigenvalue weighted by atomic mass is 9.85. The highest BCUT2D eigenvalue weighted by molar-refractivity contribution is 5.99. The first-order valence-corrected chi connectivity index (χ1v) is 14.0. The van der Waals surface area contributed by atoms with Crippen LogP contribution >= 0.6 is 0 Å². The maximum atomic E-state index is 15.0. The topological polar surface area (TPSA) is 102 Å². The van der Waals surface area contributed by atoms with Crippen LogP contribution in [0.15, 0.2) is 54.9 Å². The lowest BCUT2D eigenvalue weighted by Gasteiger charge is -2.28. The molecule has 2 N–H and O–H groups in total. The van der Waals surface area contributed by atoms with Crippen LogP contribution in [0, 0.1) is 12.7 Å². The Hall–Kier alpha value is -4.37. The molecule has 42 heavy (non-hydrogen) atoms. The molecule has 0 saturated carbocycles. The molecule has 3 heterocycles. The second-order valence-electron chi connectivity index (χ2n) is 11.7. The van der Waals surface area contributed by atoms with Crippen molar-refractivity contribution < 1.29 is 19.1 Å². The molecule has 4 aromatic rings. The Morgan fingerprint density at radius 1 is 1.12 bits per heavy atom. The fourth-order valence-electron chi connectivity index (χ4n) is 5.34. The Morgan fingerprint density at radius 2 is 1.86 bits per heavy atom. The number of amides is 2. The van der Waals surface area contributed by atoms with Gasteiger partial charge >= 0.3 is 6.03 Å². The summed E-state index contributed by atoms with van der Waals surface area (Å²) in [5.74, 6) is -0.563. The first-order valence-electron chi connectivity index (χ1n) is 14.0. The van der Waals surface area contributed by atoms with Crippen molar-refractivity contribution in [1.29, 1.82) is 0 Å². The SMILES string of the molecule is Cc1c(CC(=O)c2ccc(C(C)(C)CO)cc2)cc(F)cc1-c1ncnc2[nH]c(C3=CCN(C(=O)N(C)C)CC3)cc12. The van der Waals surface area contributed by atoms with Crippen molar-refractivity contribution in [2.75, 3.05) is 33.8 Å². The van der Waals surface area contributed by atoms with Gasteiger partial charge in [-0.15, -0.1) is 0 Å². The number of carbonyl (C=O) groups is 2. The minimum absolute atomic E-state index is 0.00150. The summed E-state index contributed by atoms with van der Waals surface area (Å²) in [5, 5.41) is 10.4. The third-order valence-electron chi connectivity index (χ3n) is 8.10. The summed E-state index contributed by atoms with van der Waals surface area (Å²) >= 11 is 0. The van der Waals surface area contributed by atoms with Gasteiger partial charge in [-0.1, -0.05) is 44.2 Å². The number of halogens is 1. The van der Waals surface area contributed by atoms with Crippen LogP contribution in [0.2, 0.25) is 0 Å². The van der Waals surface area contributed by atoms with E-state index in [1.54, 1.807) is 36.0 Å². The number of hydrogen-bond donors (Lipinski definition) is 2. The van der Waals surface area contributed by atoms with Crippen LogP contribution in [-0.2, 0) is 11.8 Å². The third kappa shape index (κ3) is 5.69. The van der Waals surface area contributed by atoms with E-state index >= 15 is 0 Å². The minimum Gasteiger partial charge on any atom is -0.395 e. The molecule has 1 aliphatic heterocycles.